The molecule has 4 nitrogen and oxygen atoms in total. The van der Waals surface area contributed by atoms with Crippen LogP contribution in [-0.4, -0.2) is 48.8 Å². The molecule has 0 N–H and O–H groups in total. The number of amides is 1. The van der Waals surface area contributed by atoms with E-state index in [0.29, 0.717) is 6.54 Å². The van der Waals surface area contributed by atoms with Crippen LogP contribution in [0.4, 0.5) is 0 Å². The summed E-state index contributed by atoms with van der Waals surface area (Å²) in [5.74, 6) is 0.0588. The van der Waals surface area contributed by atoms with Crippen LogP contribution in [-0.2, 0) is 15.9 Å². The van der Waals surface area contributed by atoms with Crippen LogP contribution in [0, 0.1) is 0 Å². The third-order valence-corrected chi connectivity index (χ3v) is 3.43. The highest BCUT2D eigenvalue weighted by atomic mass is 127. The molecule has 0 fully saturated rings. The van der Waals surface area contributed by atoms with Gasteiger partial charge in [-0.2, -0.15) is 0 Å². The zero-order valence-electron chi connectivity index (χ0n) is 14.4. The van der Waals surface area contributed by atoms with Gasteiger partial charge in [0, 0.05) is 25.8 Å². The van der Waals surface area contributed by atoms with E-state index < -0.39 is 0 Å². The Bertz CT molecular complexity index is 436. The van der Waals surface area contributed by atoms with E-state index in [1.54, 1.807) is 14.2 Å². The lowest BCUT2D eigenvalue weighted by molar-refractivity contribution is -0.115. The third kappa shape index (κ3) is 5.52. The van der Waals surface area contributed by atoms with Crippen molar-refractivity contribution < 1.29 is 14.3 Å². The third-order valence-electron chi connectivity index (χ3n) is 3.43. The van der Waals surface area contributed by atoms with E-state index in [4.69, 9.17) is 9.47 Å². The summed E-state index contributed by atoms with van der Waals surface area (Å²) in [6.07, 6.45) is 0.504. The van der Waals surface area contributed by atoms with Crippen LogP contribution < -0.4 is 0 Å². The average molecular weight is 421 g/mol. The second kappa shape index (κ2) is 11.8. The summed E-state index contributed by atoms with van der Waals surface area (Å²) in [6.45, 7) is 6.51. The number of fused-ring (bicyclic) bond motifs is 1. The fourth-order valence-electron chi connectivity index (χ4n) is 2.36. The number of ether oxygens (including phenoxy) is 2. The summed E-state index contributed by atoms with van der Waals surface area (Å²) < 4.78 is 10.3. The Kier molecular flexibility index (Phi) is 11.5. The number of benzene rings is 1. The first kappa shape index (κ1) is 21.3. The molecule has 126 valence electrons. The minimum Gasteiger partial charge on any atom is -0.354 e. The number of carbonyl (C=O) groups excluding carboxylic acids is 1. The first-order chi connectivity index (χ1) is 10.7. The monoisotopic (exact) mass is 421 g/mol. The number of alkyl halides is 1. The largest absolute Gasteiger partial charge is 0.354 e. The Balaban J connectivity index is 0.00000102. The fourth-order valence-corrected chi connectivity index (χ4v) is 2.36. The number of hydrogen-bond donors (Lipinski definition) is 0. The highest BCUT2D eigenvalue weighted by Gasteiger charge is 2.30. The van der Waals surface area contributed by atoms with Gasteiger partial charge >= 0.3 is 0 Å². The van der Waals surface area contributed by atoms with Gasteiger partial charge in [0.2, 0.25) is 0 Å². The summed E-state index contributed by atoms with van der Waals surface area (Å²) in [5, 5.41) is 0. The lowest BCUT2D eigenvalue weighted by Crippen LogP contribution is -2.48. The first-order valence-corrected chi connectivity index (χ1v) is 9.65. The summed E-state index contributed by atoms with van der Waals surface area (Å²) in [4.78, 5) is 16.2. The van der Waals surface area contributed by atoms with Gasteiger partial charge in [-0.05, 0) is 29.9 Å². The van der Waals surface area contributed by atoms with Crippen molar-refractivity contribution in [1.82, 2.24) is 4.90 Å². The van der Waals surface area contributed by atoms with E-state index in [1.165, 1.54) is 0 Å². The normalized spacial score (nSPS) is 16.3. The second-order valence-electron chi connectivity index (χ2n) is 4.57. The van der Waals surface area contributed by atoms with Gasteiger partial charge in [-0.25, -0.2) is 0 Å². The highest BCUT2D eigenvalue weighted by molar-refractivity contribution is 14.1. The highest BCUT2D eigenvalue weighted by Crippen LogP contribution is 2.23. The number of nitrogens with zero attached hydrogens (tertiary/aromatic N) is 1. The molecule has 1 unspecified atom stereocenters. The maximum atomic E-state index is 12.4. The van der Waals surface area contributed by atoms with Gasteiger partial charge in [0.25, 0.3) is 5.91 Å². The second-order valence-corrected chi connectivity index (χ2v) is 4.57. The molecular weight excluding hydrogens is 393 g/mol. The molecule has 0 radical (unpaired) electrons. The summed E-state index contributed by atoms with van der Waals surface area (Å²) in [5.41, 5.74) is 1.92. The first-order valence-electron chi connectivity index (χ1n) is 7.49. The Morgan fingerprint density at radius 1 is 1.23 bits per heavy atom. The van der Waals surface area contributed by atoms with Gasteiger partial charge < -0.3 is 14.4 Å². The van der Waals surface area contributed by atoms with E-state index in [-0.39, 0.29) is 18.2 Å². The van der Waals surface area contributed by atoms with Gasteiger partial charge in [0.15, 0.2) is 6.29 Å². The van der Waals surface area contributed by atoms with Crippen molar-refractivity contribution in [3.63, 3.8) is 0 Å². The van der Waals surface area contributed by atoms with Crippen molar-refractivity contribution in [1.29, 1.82) is 0 Å². The van der Waals surface area contributed by atoms with E-state index in [0.717, 1.165) is 17.5 Å². The Labute approximate surface area is 148 Å². The minimum atomic E-state index is -0.373. The van der Waals surface area contributed by atoms with Crippen LogP contribution in [0.3, 0.4) is 0 Å². The molecule has 1 aliphatic rings. The van der Waals surface area contributed by atoms with Crippen LogP contribution in [0.5, 0.6) is 0 Å². The molecule has 0 spiro atoms. The molecule has 1 atom stereocenters. The number of rotatable bonds is 4. The van der Waals surface area contributed by atoms with E-state index in [2.05, 4.69) is 29.5 Å². The van der Waals surface area contributed by atoms with Gasteiger partial charge in [-0.1, -0.05) is 54.6 Å². The molecule has 0 bridgehead atoms. The predicted octanol–water partition coefficient (Wildman–Crippen LogP) is 3.77. The van der Waals surface area contributed by atoms with Crippen molar-refractivity contribution in [2.75, 3.05) is 25.7 Å². The predicted molar refractivity (Wildman–Crippen MR) is 99.7 cm³/mol. The van der Waals surface area contributed by atoms with Gasteiger partial charge in [0.1, 0.15) is 0 Å². The molecule has 0 saturated carbocycles. The maximum Gasteiger partial charge on any atom is 0.254 e. The van der Waals surface area contributed by atoms with E-state index in [9.17, 15) is 4.79 Å². The molecule has 0 aliphatic carbocycles. The van der Waals surface area contributed by atoms with Crippen LogP contribution in [0.1, 0.15) is 36.7 Å². The van der Waals surface area contributed by atoms with E-state index in [1.807, 2.05) is 47.9 Å². The number of halogens is 1. The molecule has 1 heterocycles. The van der Waals surface area contributed by atoms with Crippen LogP contribution in [0.25, 0.3) is 0 Å². The average Bonchev–Trinajstić information content (AvgIpc) is 2.59. The molecule has 0 aromatic heterocycles. The van der Waals surface area contributed by atoms with Gasteiger partial charge in [-0.15, -0.1) is 0 Å². The van der Waals surface area contributed by atoms with Crippen LogP contribution in [0.15, 0.2) is 24.3 Å². The van der Waals surface area contributed by atoms with E-state index >= 15 is 0 Å². The topological polar surface area (TPSA) is 38.8 Å². The van der Waals surface area contributed by atoms with Crippen molar-refractivity contribution in [3.05, 3.63) is 35.4 Å². The van der Waals surface area contributed by atoms with Crippen molar-refractivity contribution >= 4 is 28.5 Å². The lowest BCUT2D eigenvalue weighted by Gasteiger charge is -2.36. The molecule has 1 aliphatic heterocycles. The smallest absolute Gasteiger partial charge is 0.254 e. The summed E-state index contributed by atoms with van der Waals surface area (Å²) in [6, 6.07) is 7.94. The maximum absolute atomic E-state index is 12.4. The van der Waals surface area contributed by atoms with Gasteiger partial charge in [0.05, 0.1) is 6.54 Å². The zero-order chi connectivity index (χ0) is 17.1. The van der Waals surface area contributed by atoms with Crippen molar-refractivity contribution in [2.24, 2.45) is 0 Å². The van der Waals surface area contributed by atoms with Gasteiger partial charge in [-0.3, -0.25) is 4.79 Å². The lowest BCUT2D eigenvalue weighted by atomic mass is 9.94. The SMILES string of the molecule is CC.CI.COC(CN1C(=O)c2ccccc2CC1C)OC. The Morgan fingerprint density at radius 2 is 1.77 bits per heavy atom. The van der Waals surface area contributed by atoms with Crippen molar-refractivity contribution in [3.8, 4) is 0 Å². The summed E-state index contributed by atoms with van der Waals surface area (Å²) in [7, 11) is 3.17. The number of methoxy groups -OCH3 is 2. The Hall–Kier alpha value is -0.660. The molecule has 2 rings (SSSR count). The molecule has 1 aromatic rings. The molecule has 22 heavy (non-hydrogen) atoms. The molecule has 5 heteroatoms. The minimum absolute atomic E-state index is 0.0588. The zero-order valence-corrected chi connectivity index (χ0v) is 16.6. The summed E-state index contributed by atoms with van der Waals surface area (Å²) >= 11 is 2.15. The quantitative estimate of drug-likeness (QED) is 0.422. The molecule has 0 saturated heterocycles. The van der Waals surface area contributed by atoms with Crippen LogP contribution in [0.2, 0.25) is 0 Å². The molecule has 1 aromatic carbocycles. The number of hydrogen-bond acceptors (Lipinski definition) is 3. The standard InChI is InChI=1S/C14H19NO3.C2H6.CH3I/c1-10-8-11-6-4-5-7-12(11)14(16)15(10)9-13(17-2)18-3;2*1-2/h4-7,10,13H,8-9H2,1-3H3;1-2H3;1H3. The molecular formula is C17H28INO3. The fraction of sp³-hybridized carbons (Fsp3) is 0.588. The molecule has 1 amide bonds. The van der Waals surface area contributed by atoms with Crippen molar-refractivity contribution in [2.45, 2.75) is 39.5 Å². The van der Waals surface area contributed by atoms with Crippen LogP contribution >= 0.6 is 22.6 Å². The Morgan fingerprint density at radius 3 is 2.32 bits per heavy atom. The number of carbonyl (C=O) groups is 1.